The highest BCUT2D eigenvalue weighted by atomic mass is 16.5. The van der Waals surface area contributed by atoms with Crippen LogP contribution < -0.4 is 10.1 Å². The van der Waals surface area contributed by atoms with Crippen molar-refractivity contribution in [1.29, 1.82) is 0 Å². The first-order valence-corrected chi connectivity index (χ1v) is 7.41. The van der Waals surface area contributed by atoms with Crippen molar-refractivity contribution >= 4 is 17.4 Å². The van der Waals surface area contributed by atoms with E-state index in [0.29, 0.717) is 11.3 Å². The van der Waals surface area contributed by atoms with Gasteiger partial charge in [0.15, 0.2) is 5.78 Å². The van der Waals surface area contributed by atoms with Crippen LogP contribution in [-0.2, 0) is 10.2 Å². The number of carbonyl (C=O) groups is 2. The number of ether oxygens (including phenoxy) is 1. The molecule has 1 N–H and O–H groups in total. The van der Waals surface area contributed by atoms with Crippen molar-refractivity contribution in [1.82, 2.24) is 0 Å². The molecule has 0 bridgehead atoms. The number of ketones is 1. The first kappa shape index (κ1) is 16.7. The molecule has 0 atom stereocenters. The van der Waals surface area contributed by atoms with Crippen molar-refractivity contribution in [3.05, 3.63) is 59.7 Å². The van der Waals surface area contributed by atoms with Gasteiger partial charge in [0.2, 0.25) is 5.91 Å². The molecule has 2 aromatic rings. The lowest BCUT2D eigenvalue weighted by Gasteiger charge is -2.24. The van der Waals surface area contributed by atoms with E-state index in [0.717, 1.165) is 11.3 Å². The molecular formula is C19H21NO3. The highest BCUT2D eigenvalue weighted by Crippen LogP contribution is 2.27. The predicted molar refractivity (Wildman–Crippen MR) is 91.1 cm³/mol. The normalized spacial score (nSPS) is 11.0. The van der Waals surface area contributed by atoms with Gasteiger partial charge in [0.1, 0.15) is 5.75 Å². The van der Waals surface area contributed by atoms with E-state index in [2.05, 4.69) is 5.32 Å². The van der Waals surface area contributed by atoms with Crippen LogP contribution in [0, 0.1) is 0 Å². The van der Waals surface area contributed by atoms with Crippen LogP contribution in [0.25, 0.3) is 0 Å². The third-order valence-corrected chi connectivity index (χ3v) is 3.93. The number of benzene rings is 2. The average Bonchev–Trinajstić information content (AvgIpc) is 2.55. The molecule has 1 amide bonds. The van der Waals surface area contributed by atoms with Gasteiger partial charge in [0, 0.05) is 11.3 Å². The van der Waals surface area contributed by atoms with Gasteiger partial charge in [-0.25, -0.2) is 0 Å². The SMILES string of the molecule is COc1ccc(C(C)(C)C(=O)Nc2ccc(C(C)=O)cc2)cc1. The highest BCUT2D eigenvalue weighted by molar-refractivity contribution is 5.99. The number of hydrogen-bond acceptors (Lipinski definition) is 3. The molecule has 4 heteroatoms. The summed E-state index contributed by atoms with van der Waals surface area (Å²) in [7, 11) is 1.61. The molecule has 0 fully saturated rings. The van der Waals surface area contributed by atoms with E-state index in [9.17, 15) is 9.59 Å². The van der Waals surface area contributed by atoms with Gasteiger partial charge >= 0.3 is 0 Å². The molecule has 0 aliphatic heterocycles. The Hall–Kier alpha value is -2.62. The summed E-state index contributed by atoms with van der Waals surface area (Å²) >= 11 is 0. The lowest BCUT2D eigenvalue weighted by Crippen LogP contribution is -2.34. The number of nitrogens with one attached hydrogen (secondary N) is 1. The number of amides is 1. The summed E-state index contributed by atoms with van der Waals surface area (Å²) in [6.07, 6.45) is 0. The molecule has 0 saturated heterocycles. The smallest absolute Gasteiger partial charge is 0.234 e. The zero-order chi connectivity index (χ0) is 17.0. The summed E-state index contributed by atoms with van der Waals surface area (Å²) < 4.78 is 5.14. The Morgan fingerprint density at radius 3 is 2.00 bits per heavy atom. The van der Waals surface area contributed by atoms with Gasteiger partial charge < -0.3 is 10.1 Å². The minimum Gasteiger partial charge on any atom is -0.497 e. The van der Waals surface area contributed by atoms with E-state index >= 15 is 0 Å². The van der Waals surface area contributed by atoms with Gasteiger partial charge in [-0.3, -0.25) is 9.59 Å². The molecule has 0 radical (unpaired) electrons. The van der Waals surface area contributed by atoms with E-state index in [1.54, 1.807) is 31.4 Å². The van der Waals surface area contributed by atoms with Gasteiger partial charge in [-0.15, -0.1) is 0 Å². The van der Waals surface area contributed by atoms with Crippen molar-refractivity contribution in [2.24, 2.45) is 0 Å². The summed E-state index contributed by atoms with van der Waals surface area (Å²) in [5, 5.41) is 2.89. The maximum atomic E-state index is 12.6. The standard InChI is InChI=1S/C19H21NO3/c1-13(21)14-5-9-16(10-6-14)20-18(22)19(2,3)15-7-11-17(23-4)12-8-15/h5-12H,1-4H3,(H,20,22). The lowest BCUT2D eigenvalue weighted by atomic mass is 9.83. The van der Waals surface area contributed by atoms with E-state index in [1.807, 2.05) is 38.1 Å². The molecule has 0 saturated carbocycles. The van der Waals surface area contributed by atoms with Gasteiger partial charge in [-0.2, -0.15) is 0 Å². The second-order valence-electron chi connectivity index (χ2n) is 5.94. The van der Waals surface area contributed by atoms with E-state index < -0.39 is 5.41 Å². The van der Waals surface area contributed by atoms with Crippen molar-refractivity contribution in [2.45, 2.75) is 26.2 Å². The zero-order valence-corrected chi connectivity index (χ0v) is 13.8. The Bertz CT molecular complexity index is 700. The first-order valence-electron chi connectivity index (χ1n) is 7.41. The molecule has 0 spiro atoms. The fourth-order valence-electron chi connectivity index (χ4n) is 2.21. The Kier molecular flexibility index (Phi) is 4.84. The maximum absolute atomic E-state index is 12.6. The molecule has 0 aliphatic rings. The maximum Gasteiger partial charge on any atom is 0.234 e. The van der Waals surface area contributed by atoms with Crippen LogP contribution in [-0.4, -0.2) is 18.8 Å². The molecule has 0 aliphatic carbocycles. The van der Waals surface area contributed by atoms with E-state index in [-0.39, 0.29) is 11.7 Å². The van der Waals surface area contributed by atoms with Crippen LogP contribution in [0.5, 0.6) is 5.75 Å². The topological polar surface area (TPSA) is 55.4 Å². The summed E-state index contributed by atoms with van der Waals surface area (Å²) in [4.78, 5) is 23.9. The lowest BCUT2D eigenvalue weighted by molar-refractivity contribution is -0.120. The van der Waals surface area contributed by atoms with Crippen LogP contribution in [0.15, 0.2) is 48.5 Å². The van der Waals surface area contributed by atoms with E-state index in [4.69, 9.17) is 4.74 Å². The molecular weight excluding hydrogens is 290 g/mol. The van der Waals surface area contributed by atoms with Gasteiger partial charge in [0.05, 0.1) is 12.5 Å². The van der Waals surface area contributed by atoms with Crippen LogP contribution >= 0.6 is 0 Å². The fraction of sp³-hybridized carbons (Fsp3) is 0.263. The minimum absolute atomic E-state index is 0.00133. The van der Waals surface area contributed by atoms with Crippen LogP contribution in [0.4, 0.5) is 5.69 Å². The highest BCUT2D eigenvalue weighted by Gasteiger charge is 2.29. The summed E-state index contributed by atoms with van der Waals surface area (Å²) in [5.41, 5.74) is 1.50. The Balaban J connectivity index is 2.15. The first-order chi connectivity index (χ1) is 10.8. The molecule has 2 rings (SSSR count). The van der Waals surface area contributed by atoms with Crippen molar-refractivity contribution in [2.75, 3.05) is 12.4 Å². The third kappa shape index (κ3) is 3.77. The Morgan fingerprint density at radius 1 is 0.957 bits per heavy atom. The summed E-state index contributed by atoms with van der Waals surface area (Å²) in [5.74, 6) is 0.643. The van der Waals surface area contributed by atoms with Crippen LogP contribution in [0.1, 0.15) is 36.7 Å². The minimum atomic E-state index is -0.689. The second kappa shape index (κ2) is 6.65. The summed E-state index contributed by atoms with van der Waals surface area (Å²) in [6, 6.07) is 14.3. The number of Topliss-reactive ketones (excluding diaryl/α,β-unsaturated/α-hetero) is 1. The average molecular weight is 311 g/mol. The number of rotatable bonds is 5. The third-order valence-electron chi connectivity index (χ3n) is 3.93. The van der Waals surface area contributed by atoms with Gasteiger partial charge in [-0.1, -0.05) is 12.1 Å². The summed E-state index contributed by atoms with van der Waals surface area (Å²) in [6.45, 7) is 5.25. The van der Waals surface area contributed by atoms with Gasteiger partial charge in [0.25, 0.3) is 0 Å². The molecule has 0 unspecified atom stereocenters. The largest absolute Gasteiger partial charge is 0.497 e. The predicted octanol–water partition coefficient (Wildman–Crippen LogP) is 3.81. The quantitative estimate of drug-likeness (QED) is 0.854. The molecule has 2 aromatic carbocycles. The van der Waals surface area contributed by atoms with Crippen LogP contribution in [0.2, 0.25) is 0 Å². The van der Waals surface area contributed by atoms with Gasteiger partial charge in [-0.05, 0) is 62.7 Å². The monoisotopic (exact) mass is 311 g/mol. The number of methoxy groups -OCH3 is 1. The number of hydrogen-bond donors (Lipinski definition) is 1. The molecule has 4 nitrogen and oxygen atoms in total. The van der Waals surface area contributed by atoms with Crippen molar-refractivity contribution < 1.29 is 14.3 Å². The number of anilines is 1. The molecule has 0 heterocycles. The fourth-order valence-corrected chi connectivity index (χ4v) is 2.21. The molecule has 23 heavy (non-hydrogen) atoms. The zero-order valence-electron chi connectivity index (χ0n) is 13.8. The molecule has 0 aromatic heterocycles. The van der Waals surface area contributed by atoms with Crippen LogP contribution in [0.3, 0.4) is 0 Å². The second-order valence-corrected chi connectivity index (χ2v) is 5.94. The van der Waals surface area contributed by atoms with Crippen molar-refractivity contribution in [3.63, 3.8) is 0 Å². The van der Waals surface area contributed by atoms with Crippen molar-refractivity contribution in [3.8, 4) is 5.75 Å². The Labute approximate surface area is 136 Å². The Morgan fingerprint density at radius 2 is 1.52 bits per heavy atom. The van der Waals surface area contributed by atoms with E-state index in [1.165, 1.54) is 6.92 Å². The number of carbonyl (C=O) groups excluding carboxylic acids is 2. The molecule has 120 valence electrons.